The van der Waals surface area contributed by atoms with Gasteiger partial charge in [-0.1, -0.05) is 6.07 Å². The molecule has 1 rings (SSSR count). The highest BCUT2D eigenvalue weighted by atomic mass is 32.2. The lowest BCUT2D eigenvalue weighted by Gasteiger charge is -2.32. The Balaban J connectivity index is 3.36. The monoisotopic (exact) mass is 328 g/mol. The van der Waals surface area contributed by atoms with Crippen molar-refractivity contribution in [3.8, 4) is 0 Å². The largest absolute Gasteiger partial charge is 0.419 e. The Labute approximate surface area is 120 Å². The molecule has 0 radical (unpaired) electrons. The smallest absolute Gasteiger partial charge is 0.271 e. The Morgan fingerprint density at radius 2 is 1.76 bits per heavy atom. The summed E-state index contributed by atoms with van der Waals surface area (Å²) >= 11 is 0. The van der Waals surface area contributed by atoms with Gasteiger partial charge in [-0.05, 0) is 31.5 Å². The molecule has 120 valence electrons. The molecular weight excluding hydrogens is 312 g/mol. The van der Waals surface area contributed by atoms with Crippen LogP contribution in [0.25, 0.3) is 0 Å². The number of hydrogen-bond donors (Lipinski definition) is 2. The highest BCUT2D eigenvalue weighted by Gasteiger charge is 2.41. The summed E-state index contributed by atoms with van der Waals surface area (Å²) in [7, 11) is -3.60. The molecule has 0 heterocycles. The van der Waals surface area contributed by atoms with Crippen molar-refractivity contribution < 1.29 is 26.0 Å². The topological polar surface area (TPSA) is 72.2 Å². The van der Waals surface area contributed by atoms with Crippen molar-refractivity contribution in [1.29, 1.82) is 0 Å². The van der Waals surface area contributed by atoms with E-state index in [0.717, 1.165) is 12.3 Å². The molecule has 0 amide bonds. The number of hydrogen-bond acceptors (Lipinski definition) is 4. The molecule has 9 heteroatoms. The molecule has 3 N–H and O–H groups in total. The molecule has 0 aliphatic rings. The van der Waals surface area contributed by atoms with Gasteiger partial charge in [0.1, 0.15) is 5.82 Å². The van der Waals surface area contributed by atoms with Gasteiger partial charge in [0, 0.05) is 6.26 Å². The number of sulfone groups is 1. The van der Waals surface area contributed by atoms with Crippen molar-refractivity contribution in [2.24, 2.45) is 5.84 Å². The minimum Gasteiger partial charge on any atom is -0.271 e. The fraction of sp³-hybridized carbons (Fsp3) is 0.500. The van der Waals surface area contributed by atoms with Crippen LogP contribution >= 0.6 is 0 Å². The third-order valence-corrected chi connectivity index (χ3v) is 5.60. The van der Waals surface area contributed by atoms with E-state index in [-0.39, 0.29) is 5.56 Å². The number of alkyl halides is 3. The van der Waals surface area contributed by atoms with Gasteiger partial charge >= 0.3 is 6.18 Å². The van der Waals surface area contributed by atoms with E-state index in [1.54, 1.807) is 0 Å². The number of nitrogens with two attached hydrogens (primary N) is 1. The van der Waals surface area contributed by atoms with E-state index in [9.17, 15) is 26.0 Å². The third kappa shape index (κ3) is 3.53. The summed E-state index contributed by atoms with van der Waals surface area (Å²) in [6.07, 6.45) is -3.85. The van der Waals surface area contributed by atoms with E-state index in [4.69, 9.17) is 5.84 Å². The lowest BCUT2D eigenvalue weighted by atomic mass is 9.94. The highest BCUT2D eigenvalue weighted by molar-refractivity contribution is 7.92. The summed E-state index contributed by atoms with van der Waals surface area (Å²) in [6.45, 7) is 2.70. The van der Waals surface area contributed by atoms with Gasteiger partial charge in [0.05, 0.1) is 16.4 Å². The predicted octanol–water partition coefficient (Wildman–Crippen LogP) is 2.17. The molecule has 1 atom stereocenters. The van der Waals surface area contributed by atoms with Gasteiger partial charge in [-0.15, -0.1) is 0 Å². The first-order valence-electron chi connectivity index (χ1n) is 5.84. The van der Waals surface area contributed by atoms with Gasteiger partial charge in [0.2, 0.25) is 0 Å². The maximum atomic E-state index is 13.6. The molecule has 1 unspecified atom stereocenters. The van der Waals surface area contributed by atoms with Gasteiger partial charge in [0.15, 0.2) is 9.84 Å². The zero-order valence-corrected chi connectivity index (χ0v) is 12.4. The average molecular weight is 328 g/mol. The van der Waals surface area contributed by atoms with Gasteiger partial charge in [-0.25, -0.2) is 12.8 Å². The first-order valence-corrected chi connectivity index (χ1v) is 7.74. The van der Waals surface area contributed by atoms with Crippen molar-refractivity contribution in [1.82, 2.24) is 5.43 Å². The van der Waals surface area contributed by atoms with Crippen LogP contribution < -0.4 is 11.3 Å². The average Bonchev–Trinajstić information content (AvgIpc) is 2.26. The maximum Gasteiger partial charge on any atom is 0.419 e. The fourth-order valence-corrected chi connectivity index (χ4v) is 2.49. The normalized spacial score (nSPS) is 15.0. The molecule has 1 aromatic carbocycles. The molecule has 0 aliphatic carbocycles. The maximum absolute atomic E-state index is 13.6. The van der Waals surface area contributed by atoms with Crippen LogP contribution in [0.3, 0.4) is 0 Å². The number of rotatable bonds is 4. The van der Waals surface area contributed by atoms with Crippen LogP contribution in [0.5, 0.6) is 0 Å². The molecule has 0 saturated carbocycles. The van der Waals surface area contributed by atoms with Crippen LogP contribution in [0.15, 0.2) is 18.2 Å². The molecule has 0 spiro atoms. The van der Waals surface area contributed by atoms with Crippen molar-refractivity contribution in [2.75, 3.05) is 6.26 Å². The number of nitrogens with one attached hydrogen (secondary N) is 1. The summed E-state index contributed by atoms with van der Waals surface area (Å²) in [5, 5.41) is 0. The Bertz CT molecular complexity index is 627. The lowest BCUT2D eigenvalue weighted by molar-refractivity contribution is -0.140. The van der Waals surface area contributed by atoms with E-state index >= 15 is 0 Å². The second-order valence-corrected chi connectivity index (χ2v) is 7.81. The van der Waals surface area contributed by atoms with Crippen molar-refractivity contribution in [3.63, 3.8) is 0 Å². The molecular formula is C12H16F4N2O2S. The zero-order valence-electron chi connectivity index (χ0n) is 11.6. The van der Waals surface area contributed by atoms with E-state index in [1.807, 2.05) is 0 Å². The van der Waals surface area contributed by atoms with Crippen LogP contribution in [0.4, 0.5) is 17.6 Å². The zero-order chi connectivity index (χ0) is 16.6. The summed E-state index contributed by atoms with van der Waals surface area (Å²) in [5.74, 6) is 3.82. The molecule has 21 heavy (non-hydrogen) atoms. The Morgan fingerprint density at radius 3 is 2.10 bits per heavy atom. The molecule has 0 saturated heterocycles. The number of halogens is 4. The molecule has 0 aromatic heterocycles. The third-order valence-electron chi connectivity index (χ3n) is 3.45. The Kier molecular flexibility index (Phi) is 4.71. The van der Waals surface area contributed by atoms with Crippen LogP contribution in [0.1, 0.15) is 31.0 Å². The van der Waals surface area contributed by atoms with E-state index in [1.165, 1.54) is 13.8 Å². The van der Waals surface area contributed by atoms with Crippen molar-refractivity contribution in [2.45, 2.75) is 30.8 Å². The predicted molar refractivity (Wildman–Crippen MR) is 70.4 cm³/mol. The first-order chi connectivity index (χ1) is 9.32. The second-order valence-electron chi connectivity index (χ2n) is 5.21. The lowest BCUT2D eigenvalue weighted by Crippen LogP contribution is -2.47. The van der Waals surface area contributed by atoms with E-state index in [2.05, 4.69) is 5.43 Å². The molecule has 0 bridgehead atoms. The molecule has 1 aromatic rings. The van der Waals surface area contributed by atoms with Gasteiger partial charge < -0.3 is 0 Å². The highest BCUT2D eigenvalue weighted by Crippen LogP contribution is 2.36. The van der Waals surface area contributed by atoms with Crippen LogP contribution in [0.2, 0.25) is 0 Å². The summed E-state index contributed by atoms with van der Waals surface area (Å²) < 4.78 is 73.2. The van der Waals surface area contributed by atoms with Gasteiger partial charge in [0.25, 0.3) is 0 Å². The summed E-state index contributed by atoms with van der Waals surface area (Å²) in [4.78, 5) is 0. The number of benzene rings is 1. The number of hydrazine groups is 1. The van der Waals surface area contributed by atoms with Gasteiger partial charge in [-0.3, -0.25) is 11.3 Å². The first kappa shape index (κ1) is 17.9. The van der Waals surface area contributed by atoms with Crippen LogP contribution in [0, 0.1) is 5.82 Å². The van der Waals surface area contributed by atoms with E-state index in [0.29, 0.717) is 12.1 Å². The molecule has 0 aliphatic heterocycles. The Hall–Kier alpha value is -1.19. The molecule has 4 nitrogen and oxygen atoms in total. The van der Waals surface area contributed by atoms with Crippen LogP contribution in [-0.2, 0) is 16.0 Å². The quantitative estimate of drug-likeness (QED) is 0.505. The van der Waals surface area contributed by atoms with Crippen molar-refractivity contribution >= 4 is 9.84 Å². The van der Waals surface area contributed by atoms with E-state index < -0.39 is 38.2 Å². The molecule has 0 fully saturated rings. The van der Waals surface area contributed by atoms with Crippen LogP contribution in [-0.4, -0.2) is 19.4 Å². The standard InChI is InChI=1S/C12H16F4N2O2S/c1-11(2,21(3,19)20)10(18-17)7-4-5-8(9(13)6-7)12(14,15)16/h4-6,10,18H,17H2,1-3H3. The minimum atomic E-state index is -4.82. The fourth-order valence-electron chi connectivity index (χ4n) is 1.85. The second kappa shape index (κ2) is 5.54. The summed E-state index contributed by atoms with van der Waals surface area (Å²) in [6, 6.07) is 1.14. The summed E-state index contributed by atoms with van der Waals surface area (Å²) in [5.41, 5.74) is 0.819. The SMILES string of the molecule is CC(C)(C(NN)c1ccc(C(F)(F)F)c(F)c1)S(C)(=O)=O. The Morgan fingerprint density at radius 1 is 1.24 bits per heavy atom. The van der Waals surface area contributed by atoms with Crippen molar-refractivity contribution in [3.05, 3.63) is 35.1 Å². The minimum absolute atomic E-state index is 0.0124. The van der Waals surface area contributed by atoms with Gasteiger partial charge in [-0.2, -0.15) is 13.2 Å².